The molecule has 1 N–H and O–H groups in total. The molecule has 0 aliphatic carbocycles. The number of rotatable bonds is 9. The van der Waals surface area contributed by atoms with Crippen LogP contribution in [0.1, 0.15) is 46.0 Å². The van der Waals surface area contributed by atoms with E-state index in [1.807, 2.05) is 14.1 Å². The molecule has 1 aromatic heterocycles. The Bertz CT molecular complexity index is 785. The molecular weight excluding hydrogens is 491 g/mol. The first kappa shape index (κ1) is 26.2. The zero-order chi connectivity index (χ0) is 21.4. The quantitative estimate of drug-likeness (QED) is 0.305. The Kier molecular flexibility index (Phi) is 10.6. The average molecular weight is 528 g/mol. The number of aromatic nitrogens is 3. The van der Waals surface area contributed by atoms with E-state index in [-0.39, 0.29) is 29.4 Å². The van der Waals surface area contributed by atoms with E-state index in [2.05, 4.69) is 79.2 Å². The lowest BCUT2D eigenvalue weighted by molar-refractivity contribution is 0.271. The van der Waals surface area contributed by atoms with Gasteiger partial charge in [-0.15, -0.1) is 24.0 Å². The summed E-state index contributed by atoms with van der Waals surface area (Å²) in [6, 6.07) is 8.38. The SMILES string of the molecule is CCNC(=NCC(C)(C)c1ccc(OCC(C)C)cc1)N(C)Cc1ncnn1C.I. The predicted molar refractivity (Wildman–Crippen MR) is 134 cm³/mol. The van der Waals surface area contributed by atoms with E-state index in [0.717, 1.165) is 30.7 Å². The zero-order valence-corrected chi connectivity index (χ0v) is 21.7. The summed E-state index contributed by atoms with van der Waals surface area (Å²) in [5.41, 5.74) is 1.15. The van der Waals surface area contributed by atoms with E-state index >= 15 is 0 Å². The van der Waals surface area contributed by atoms with Gasteiger partial charge in [-0.05, 0) is 30.5 Å². The van der Waals surface area contributed by atoms with Gasteiger partial charge in [0.2, 0.25) is 0 Å². The highest BCUT2D eigenvalue weighted by Gasteiger charge is 2.21. The number of hydrogen-bond acceptors (Lipinski definition) is 4. The number of nitrogens with zero attached hydrogens (tertiary/aromatic N) is 5. The average Bonchev–Trinajstić information content (AvgIpc) is 3.08. The molecule has 168 valence electrons. The lowest BCUT2D eigenvalue weighted by Gasteiger charge is -2.26. The van der Waals surface area contributed by atoms with Crippen LogP contribution in [0.2, 0.25) is 0 Å². The van der Waals surface area contributed by atoms with Gasteiger partial charge in [-0.2, -0.15) is 5.10 Å². The fourth-order valence-corrected chi connectivity index (χ4v) is 2.85. The van der Waals surface area contributed by atoms with Crippen LogP contribution in [0.25, 0.3) is 0 Å². The molecule has 0 radical (unpaired) electrons. The van der Waals surface area contributed by atoms with Crippen LogP contribution >= 0.6 is 24.0 Å². The van der Waals surface area contributed by atoms with Gasteiger partial charge in [-0.25, -0.2) is 4.98 Å². The van der Waals surface area contributed by atoms with Crippen molar-refractivity contribution in [1.29, 1.82) is 0 Å². The van der Waals surface area contributed by atoms with Gasteiger partial charge in [0.15, 0.2) is 5.96 Å². The summed E-state index contributed by atoms with van der Waals surface area (Å²) in [6.45, 7) is 13.7. The fraction of sp³-hybridized carbons (Fsp3) is 0.591. The topological polar surface area (TPSA) is 67.6 Å². The Morgan fingerprint density at radius 1 is 1.27 bits per heavy atom. The van der Waals surface area contributed by atoms with Gasteiger partial charge in [-0.1, -0.05) is 39.8 Å². The monoisotopic (exact) mass is 528 g/mol. The third-order valence-corrected chi connectivity index (χ3v) is 4.72. The number of nitrogens with one attached hydrogen (secondary N) is 1. The third-order valence-electron chi connectivity index (χ3n) is 4.72. The Hall–Kier alpha value is -1.84. The highest BCUT2D eigenvalue weighted by Crippen LogP contribution is 2.26. The summed E-state index contributed by atoms with van der Waals surface area (Å²) in [7, 11) is 3.92. The second kappa shape index (κ2) is 12.1. The predicted octanol–water partition coefficient (Wildman–Crippen LogP) is 3.84. The van der Waals surface area contributed by atoms with Gasteiger partial charge in [0.25, 0.3) is 0 Å². The molecule has 2 aromatic rings. The lowest BCUT2D eigenvalue weighted by Crippen LogP contribution is -2.40. The van der Waals surface area contributed by atoms with Crippen LogP contribution in [0.3, 0.4) is 0 Å². The molecule has 0 fully saturated rings. The Morgan fingerprint density at radius 3 is 2.47 bits per heavy atom. The van der Waals surface area contributed by atoms with E-state index in [1.54, 1.807) is 11.0 Å². The number of ether oxygens (including phenoxy) is 1. The maximum atomic E-state index is 5.80. The van der Waals surface area contributed by atoms with Crippen LogP contribution in [0, 0.1) is 5.92 Å². The van der Waals surface area contributed by atoms with Crippen molar-refractivity contribution < 1.29 is 4.74 Å². The van der Waals surface area contributed by atoms with Crippen molar-refractivity contribution in [2.24, 2.45) is 18.0 Å². The van der Waals surface area contributed by atoms with Crippen LogP contribution in [-0.4, -0.2) is 52.4 Å². The van der Waals surface area contributed by atoms with Gasteiger partial charge in [0, 0.05) is 26.1 Å². The molecule has 0 unspecified atom stereocenters. The highest BCUT2D eigenvalue weighted by atomic mass is 127. The maximum absolute atomic E-state index is 5.80. The standard InChI is InChI=1S/C22H36N6O.HI/c1-8-23-21(27(6)13-20-25-16-26-28(20)7)24-15-22(4,5)18-9-11-19(12-10-18)29-14-17(2)3;/h9-12,16-17H,8,13-15H2,1-7H3,(H,23,24);1H. The Balaban J connectivity index is 0.00000450. The molecule has 0 aliphatic rings. The maximum Gasteiger partial charge on any atom is 0.194 e. The minimum absolute atomic E-state index is 0. The third kappa shape index (κ3) is 7.77. The van der Waals surface area contributed by atoms with Gasteiger partial charge in [0.1, 0.15) is 17.9 Å². The molecule has 30 heavy (non-hydrogen) atoms. The Morgan fingerprint density at radius 2 is 1.93 bits per heavy atom. The number of hydrogen-bond donors (Lipinski definition) is 1. The number of halogens is 1. The van der Waals surface area contributed by atoms with Gasteiger partial charge in [0.05, 0.1) is 19.7 Å². The molecule has 0 saturated carbocycles. The summed E-state index contributed by atoms with van der Waals surface area (Å²) in [5, 5.41) is 7.51. The Labute approximate surface area is 198 Å². The molecule has 0 spiro atoms. The van der Waals surface area contributed by atoms with E-state index in [0.29, 0.717) is 19.0 Å². The summed E-state index contributed by atoms with van der Waals surface area (Å²) < 4.78 is 7.58. The second-order valence-electron chi connectivity index (χ2n) is 8.44. The normalized spacial score (nSPS) is 11.9. The molecule has 7 nitrogen and oxygen atoms in total. The molecule has 0 bridgehead atoms. The van der Waals surface area contributed by atoms with Crippen LogP contribution in [0.15, 0.2) is 35.6 Å². The number of guanidine groups is 1. The molecule has 8 heteroatoms. The van der Waals surface area contributed by atoms with Gasteiger partial charge in [-0.3, -0.25) is 9.67 Å². The molecule has 1 heterocycles. The molecule has 0 atom stereocenters. The summed E-state index contributed by atoms with van der Waals surface area (Å²) >= 11 is 0. The van der Waals surface area contributed by atoms with Crippen molar-refractivity contribution in [3.8, 4) is 5.75 Å². The fourth-order valence-electron chi connectivity index (χ4n) is 2.85. The molecule has 0 aliphatic heterocycles. The number of benzene rings is 1. The van der Waals surface area contributed by atoms with Crippen molar-refractivity contribution in [3.05, 3.63) is 42.0 Å². The second-order valence-corrected chi connectivity index (χ2v) is 8.44. The van der Waals surface area contributed by atoms with Gasteiger partial charge >= 0.3 is 0 Å². The minimum Gasteiger partial charge on any atom is -0.493 e. The van der Waals surface area contributed by atoms with Crippen molar-refractivity contribution in [3.63, 3.8) is 0 Å². The van der Waals surface area contributed by atoms with Crippen LogP contribution in [0.4, 0.5) is 0 Å². The first-order chi connectivity index (χ1) is 13.7. The molecule has 0 amide bonds. The number of aryl methyl sites for hydroxylation is 1. The van der Waals surface area contributed by atoms with Crippen molar-refractivity contribution in [1.82, 2.24) is 25.0 Å². The van der Waals surface area contributed by atoms with Crippen molar-refractivity contribution in [2.45, 2.75) is 46.6 Å². The smallest absolute Gasteiger partial charge is 0.194 e. The van der Waals surface area contributed by atoms with Crippen LogP contribution in [0.5, 0.6) is 5.75 Å². The van der Waals surface area contributed by atoms with Crippen LogP contribution < -0.4 is 10.1 Å². The van der Waals surface area contributed by atoms with Crippen molar-refractivity contribution in [2.75, 3.05) is 26.7 Å². The summed E-state index contributed by atoms with van der Waals surface area (Å²) in [6.07, 6.45) is 1.57. The van der Waals surface area contributed by atoms with E-state index in [9.17, 15) is 0 Å². The van der Waals surface area contributed by atoms with E-state index in [4.69, 9.17) is 9.73 Å². The highest BCUT2D eigenvalue weighted by molar-refractivity contribution is 14.0. The zero-order valence-electron chi connectivity index (χ0n) is 19.3. The van der Waals surface area contributed by atoms with E-state index in [1.165, 1.54) is 5.56 Å². The van der Waals surface area contributed by atoms with Crippen LogP contribution in [-0.2, 0) is 19.0 Å². The van der Waals surface area contributed by atoms with Gasteiger partial charge < -0.3 is 15.0 Å². The molecule has 1 aromatic carbocycles. The van der Waals surface area contributed by atoms with E-state index < -0.39 is 0 Å². The molecular formula is C22H37IN6O. The minimum atomic E-state index is -0.0944. The first-order valence-electron chi connectivity index (χ1n) is 10.3. The largest absolute Gasteiger partial charge is 0.493 e. The lowest BCUT2D eigenvalue weighted by atomic mass is 9.85. The summed E-state index contributed by atoms with van der Waals surface area (Å²) in [4.78, 5) is 11.3. The molecule has 0 saturated heterocycles. The number of aliphatic imine (C=N–C) groups is 1. The van der Waals surface area contributed by atoms with Crippen molar-refractivity contribution >= 4 is 29.9 Å². The first-order valence-corrected chi connectivity index (χ1v) is 10.3. The summed E-state index contributed by atoms with van der Waals surface area (Å²) in [5.74, 6) is 3.19. The molecule has 2 rings (SSSR count).